The Kier molecular flexibility index (Phi) is 6.82. The van der Waals surface area contributed by atoms with Crippen molar-refractivity contribution < 1.29 is 9.59 Å². The maximum atomic E-state index is 12.7. The zero-order valence-electron chi connectivity index (χ0n) is 18.3. The fourth-order valence-electron chi connectivity index (χ4n) is 3.78. The Labute approximate surface area is 189 Å². The topological polar surface area (TPSA) is 55.9 Å². The molecule has 0 aliphatic carbocycles. The summed E-state index contributed by atoms with van der Waals surface area (Å²) in [6.45, 7) is 2.89. The standard InChI is InChI=1S/C26H28N4O2/c1-28(24-10-6-3-7-11-24)25(31)20-29-16-18-30(19-17-29)26(32)27-23-14-12-22(13-15-23)21-8-4-2-5-9-21/h2-15H,16-20H2,1H3,(H,27,32). The molecule has 1 heterocycles. The summed E-state index contributed by atoms with van der Waals surface area (Å²) in [6, 6.07) is 27.5. The Morgan fingerprint density at radius 1 is 0.781 bits per heavy atom. The molecule has 164 valence electrons. The van der Waals surface area contributed by atoms with Crippen molar-refractivity contribution in [2.75, 3.05) is 50.0 Å². The van der Waals surface area contributed by atoms with Crippen LogP contribution in [0.3, 0.4) is 0 Å². The van der Waals surface area contributed by atoms with Crippen molar-refractivity contribution in [3.63, 3.8) is 0 Å². The molecule has 1 fully saturated rings. The van der Waals surface area contributed by atoms with Gasteiger partial charge in [-0.15, -0.1) is 0 Å². The normalized spacial score (nSPS) is 14.1. The molecule has 0 unspecified atom stereocenters. The Morgan fingerprint density at radius 3 is 1.97 bits per heavy atom. The van der Waals surface area contributed by atoms with Gasteiger partial charge in [0.05, 0.1) is 6.54 Å². The maximum absolute atomic E-state index is 12.7. The van der Waals surface area contributed by atoms with E-state index in [1.54, 1.807) is 16.8 Å². The van der Waals surface area contributed by atoms with E-state index in [1.165, 1.54) is 0 Å². The highest BCUT2D eigenvalue weighted by atomic mass is 16.2. The van der Waals surface area contributed by atoms with Crippen LogP contribution in [0.15, 0.2) is 84.9 Å². The van der Waals surface area contributed by atoms with Gasteiger partial charge in [-0.25, -0.2) is 4.79 Å². The molecule has 0 radical (unpaired) electrons. The van der Waals surface area contributed by atoms with E-state index < -0.39 is 0 Å². The molecule has 3 amide bonds. The number of rotatable bonds is 5. The van der Waals surface area contributed by atoms with Gasteiger partial charge in [-0.1, -0.05) is 60.7 Å². The van der Waals surface area contributed by atoms with Crippen LogP contribution in [0.5, 0.6) is 0 Å². The van der Waals surface area contributed by atoms with Gasteiger partial charge >= 0.3 is 6.03 Å². The monoisotopic (exact) mass is 428 g/mol. The number of para-hydroxylation sites is 1. The number of hydrogen-bond acceptors (Lipinski definition) is 3. The predicted octanol–water partition coefficient (Wildman–Crippen LogP) is 4.17. The fraction of sp³-hybridized carbons (Fsp3) is 0.231. The van der Waals surface area contributed by atoms with E-state index in [2.05, 4.69) is 22.3 Å². The van der Waals surface area contributed by atoms with Gasteiger partial charge < -0.3 is 15.1 Å². The minimum absolute atomic E-state index is 0.0487. The van der Waals surface area contributed by atoms with Gasteiger partial charge in [-0.05, 0) is 35.4 Å². The number of nitrogens with zero attached hydrogens (tertiary/aromatic N) is 3. The molecule has 6 nitrogen and oxygen atoms in total. The quantitative estimate of drug-likeness (QED) is 0.664. The first-order valence-electron chi connectivity index (χ1n) is 10.9. The van der Waals surface area contributed by atoms with Crippen molar-refractivity contribution in [3.05, 3.63) is 84.9 Å². The summed E-state index contributed by atoms with van der Waals surface area (Å²) >= 11 is 0. The molecule has 3 aromatic carbocycles. The van der Waals surface area contributed by atoms with Gasteiger partial charge in [-0.3, -0.25) is 9.69 Å². The maximum Gasteiger partial charge on any atom is 0.321 e. The third-order valence-corrected chi connectivity index (χ3v) is 5.78. The lowest BCUT2D eigenvalue weighted by Crippen LogP contribution is -2.52. The van der Waals surface area contributed by atoms with Gasteiger partial charge in [0.15, 0.2) is 0 Å². The number of anilines is 2. The second-order valence-corrected chi connectivity index (χ2v) is 7.93. The van der Waals surface area contributed by atoms with E-state index in [4.69, 9.17) is 0 Å². The van der Waals surface area contributed by atoms with Gasteiger partial charge in [0.25, 0.3) is 0 Å². The molecular formula is C26H28N4O2. The van der Waals surface area contributed by atoms with Crippen LogP contribution in [0.25, 0.3) is 11.1 Å². The molecule has 1 aliphatic rings. The van der Waals surface area contributed by atoms with E-state index in [0.717, 1.165) is 22.5 Å². The van der Waals surface area contributed by atoms with Crippen molar-refractivity contribution in [1.29, 1.82) is 0 Å². The molecule has 0 spiro atoms. The molecule has 0 aromatic heterocycles. The third-order valence-electron chi connectivity index (χ3n) is 5.78. The average Bonchev–Trinajstić information content (AvgIpc) is 2.85. The Hall–Kier alpha value is -3.64. The molecule has 1 aliphatic heterocycles. The van der Waals surface area contributed by atoms with Crippen LogP contribution in [0.4, 0.5) is 16.2 Å². The number of carbonyl (C=O) groups excluding carboxylic acids is 2. The SMILES string of the molecule is CN(C(=O)CN1CCN(C(=O)Nc2ccc(-c3ccccc3)cc2)CC1)c1ccccc1. The average molecular weight is 429 g/mol. The number of piperazine rings is 1. The first kappa shape index (κ1) is 21.6. The van der Waals surface area contributed by atoms with Gasteiger partial charge in [0.2, 0.25) is 5.91 Å². The van der Waals surface area contributed by atoms with E-state index in [1.807, 2.05) is 72.8 Å². The number of amides is 3. The number of urea groups is 1. The van der Waals surface area contributed by atoms with Crippen LogP contribution in [0.2, 0.25) is 0 Å². The van der Waals surface area contributed by atoms with Crippen LogP contribution in [0.1, 0.15) is 0 Å². The lowest BCUT2D eigenvalue weighted by Gasteiger charge is -2.35. The molecule has 0 saturated carbocycles. The highest BCUT2D eigenvalue weighted by molar-refractivity contribution is 5.94. The largest absolute Gasteiger partial charge is 0.322 e. The van der Waals surface area contributed by atoms with Crippen LogP contribution < -0.4 is 10.2 Å². The molecule has 6 heteroatoms. The molecule has 1 saturated heterocycles. The zero-order valence-corrected chi connectivity index (χ0v) is 18.3. The van der Waals surface area contributed by atoms with Crippen LogP contribution in [0, 0.1) is 0 Å². The van der Waals surface area contributed by atoms with E-state index in [0.29, 0.717) is 32.7 Å². The van der Waals surface area contributed by atoms with Gasteiger partial charge in [0.1, 0.15) is 0 Å². The summed E-state index contributed by atoms with van der Waals surface area (Å²) in [5, 5.41) is 2.98. The van der Waals surface area contributed by atoms with Crippen molar-refractivity contribution >= 4 is 23.3 Å². The second-order valence-electron chi connectivity index (χ2n) is 7.93. The van der Waals surface area contributed by atoms with E-state index in [-0.39, 0.29) is 11.9 Å². The Morgan fingerprint density at radius 2 is 1.34 bits per heavy atom. The van der Waals surface area contributed by atoms with E-state index >= 15 is 0 Å². The third kappa shape index (κ3) is 5.34. The Balaban J connectivity index is 1.25. The van der Waals surface area contributed by atoms with Gasteiger partial charge in [0, 0.05) is 44.6 Å². The first-order chi connectivity index (χ1) is 15.6. The number of nitrogens with one attached hydrogen (secondary N) is 1. The summed E-state index contributed by atoms with van der Waals surface area (Å²) in [4.78, 5) is 30.8. The highest BCUT2D eigenvalue weighted by Crippen LogP contribution is 2.21. The summed E-state index contributed by atoms with van der Waals surface area (Å²) < 4.78 is 0. The Bertz CT molecular complexity index is 1030. The number of hydrogen-bond donors (Lipinski definition) is 1. The van der Waals surface area contributed by atoms with Crippen LogP contribution in [-0.2, 0) is 4.79 Å². The molecule has 3 aromatic rings. The smallest absolute Gasteiger partial charge is 0.321 e. The zero-order chi connectivity index (χ0) is 22.3. The molecule has 0 atom stereocenters. The summed E-state index contributed by atoms with van der Waals surface area (Å²) in [5.41, 5.74) is 3.92. The molecule has 32 heavy (non-hydrogen) atoms. The first-order valence-corrected chi connectivity index (χ1v) is 10.9. The van der Waals surface area contributed by atoms with Crippen molar-refractivity contribution in [3.8, 4) is 11.1 Å². The van der Waals surface area contributed by atoms with Gasteiger partial charge in [-0.2, -0.15) is 0 Å². The molecule has 1 N–H and O–H groups in total. The van der Waals surface area contributed by atoms with Crippen molar-refractivity contribution in [2.45, 2.75) is 0 Å². The summed E-state index contributed by atoms with van der Waals surface area (Å²) in [7, 11) is 1.80. The predicted molar refractivity (Wildman–Crippen MR) is 129 cm³/mol. The van der Waals surface area contributed by atoms with Crippen LogP contribution in [-0.4, -0.2) is 61.5 Å². The molecular weight excluding hydrogens is 400 g/mol. The lowest BCUT2D eigenvalue weighted by molar-refractivity contribution is -0.119. The molecule has 4 rings (SSSR count). The minimum Gasteiger partial charge on any atom is -0.322 e. The summed E-state index contributed by atoms with van der Waals surface area (Å²) in [5.74, 6) is 0.0487. The van der Waals surface area contributed by atoms with Crippen LogP contribution >= 0.6 is 0 Å². The number of carbonyl (C=O) groups is 2. The number of likely N-dealkylation sites (N-methyl/N-ethyl adjacent to an activating group) is 1. The lowest BCUT2D eigenvalue weighted by atomic mass is 10.1. The van der Waals surface area contributed by atoms with Crippen molar-refractivity contribution in [2.24, 2.45) is 0 Å². The second kappa shape index (κ2) is 10.1. The van der Waals surface area contributed by atoms with E-state index in [9.17, 15) is 9.59 Å². The fourth-order valence-corrected chi connectivity index (χ4v) is 3.78. The minimum atomic E-state index is -0.107. The highest BCUT2D eigenvalue weighted by Gasteiger charge is 2.23. The summed E-state index contributed by atoms with van der Waals surface area (Å²) in [6.07, 6.45) is 0. The van der Waals surface area contributed by atoms with Crippen molar-refractivity contribution in [1.82, 2.24) is 9.80 Å². The molecule has 0 bridgehead atoms. The number of benzene rings is 3.